The lowest BCUT2D eigenvalue weighted by Gasteiger charge is -2.19. The molecule has 0 unspecified atom stereocenters. The molecule has 4 aromatic rings. The van der Waals surface area contributed by atoms with E-state index in [1.54, 1.807) is 6.92 Å². The summed E-state index contributed by atoms with van der Waals surface area (Å²) in [6.07, 6.45) is 0.917. The van der Waals surface area contributed by atoms with Crippen LogP contribution in [0.25, 0.3) is 16.7 Å². The summed E-state index contributed by atoms with van der Waals surface area (Å²) in [7, 11) is 0. The molecule has 7 heteroatoms. The third kappa shape index (κ3) is 5.88. The number of amides is 1. The number of fused-ring (bicyclic) bond motifs is 1. The van der Waals surface area contributed by atoms with Crippen LogP contribution in [-0.4, -0.2) is 33.2 Å². The third-order valence-electron chi connectivity index (χ3n) is 6.67. The van der Waals surface area contributed by atoms with Crippen LogP contribution in [0.3, 0.4) is 0 Å². The molecule has 2 aromatic heterocycles. The molecule has 0 saturated heterocycles. The summed E-state index contributed by atoms with van der Waals surface area (Å²) in [4.78, 5) is 30.2. The maximum absolute atomic E-state index is 13.0. The van der Waals surface area contributed by atoms with E-state index in [9.17, 15) is 9.59 Å². The molecule has 1 amide bonds. The monoisotopic (exact) mass is 498 g/mol. The minimum Gasteiger partial charge on any atom is -0.466 e. The first-order valence-electron chi connectivity index (χ1n) is 12.7. The highest BCUT2D eigenvalue weighted by Gasteiger charge is 2.21. The number of hydrogen-bond acceptors (Lipinski definition) is 5. The maximum atomic E-state index is 13.0. The number of aryl methyl sites for hydroxylation is 4. The van der Waals surface area contributed by atoms with Crippen LogP contribution in [0, 0.1) is 27.7 Å². The normalized spacial score (nSPS) is 11.9. The van der Waals surface area contributed by atoms with Gasteiger partial charge in [0, 0.05) is 17.5 Å². The zero-order valence-electron chi connectivity index (χ0n) is 22.2. The van der Waals surface area contributed by atoms with Crippen molar-refractivity contribution in [3.63, 3.8) is 0 Å². The number of carbonyl (C=O) groups excluding carboxylic acids is 2. The van der Waals surface area contributed by atoms with E-state index in [2.05, 4.69) is 12.2 Å². The van der Waals surface area contributed by atoms with Gasteiger partial charge in [-0.3, -0.25) is 9.59 Å². The van der Waals surface area contributed by atoms with E-state index < -0.39 is 6.04 Å². The van der Waals surface area contributed by atoms with Gasteiger partial charge in [0.15, 0.2) is 5.65 Å². The molecule has 0 radical (unpaired) electrons. The van der Waals surface area contributed by atoms with E-state index in [-0.39, 0.29) is 24.7 Å². The van der Waals surface area contributed by atoms with Gasteiger partial charge < -0.3 is 10.1 Å². The Balaban J connectivity index is 1.54. The van der Waals surface area contributed by atoms with Crippen molar-refractivity contribution in [2.75, 3.05) is 6.61 Å². The van der Waals surface area contributed by atoms with Crippen LogP contribution in [-0.2, 0) is 20.7 Å². The van der Waals surface area contributed by atoms with Crippen molar-refractivity contribution in [1.82, 2.24) is 20.1 Å². The smallest absolute Gasteiger partial charge is 0.308 e. The molecule has 2 heterocycles. The summed E-state index contributed by atoms with van der Waals surface area (Å²) in [5, 5.41) is 8.82. The quantitative estimate of drug-likeness (QED) is 0.312. The number of rotatable bonds is 9. The van der Waals surface area contributed by atoms with E-state index in [1.165, 1.54) is 0 Å². The second kappa shape index (κ2) is 11.4. The Morgan fingerprint density at radius 2 is 1.68 bits per heavy atom. The minimum atomic E-state index is -0.443. The summed E-state index contributed by atoms with van der Waals surface area (Å²) in [5.41, 5.74) is 7.71. The molecule has 0 spiro atoms. The van der Waals surface area contributed by atoms with Gasteiger partial charge in [-0.05, 0) is 69.9 Å². The molecule has 2 aromatic carbocycles. The zero-order chi connectivity index (χ0) is 26.5. The number of carbonyl (C=O) groups is 2. The molecule has 0 bridgehead atoms. The van der Waals surface area contributed by atoms with E-state index in [0.717, 1.165) is 50.4 Å². The number of ether oxygens (including phenoxy) is 1. The lowest BCUT2D eigenvalue weighted by molar-refractivity contribution is -0.143. The summed E-state index contributed by atoms with van der Waals surface area (Å²) < 4.78 is 7.02. The van der Waals surface area contributed by atoms with Gasteiger partial charge in [0.25, 0.3) is 0 Å². The van der Waals surface area contributed by atoms with Gasteiger partial charge in [-0.1, -0.05) is 48.0 Å². The molecule has 7 nitrogen and oxygen atoms in total. The van der Waals surface area contributed by atoms with Crippen molar-refractivity contribution in [3.05, 3.63) is 88.2 Å². The highest BCUT2D eigenvalue weighted by Crippen LogP contribution is 2.28. The molecule has 192 valence electrons. The summed E-state index contributed by atoms with van der Waals surface area (Å²) >= 11 is 0. The first-order chi connectivity index (χ1) is 17.8. The molecule has 0 aliphatic heterocycles. The fourth-order valence-corrected chi connectivity index (χ4v) is 4.77. The van der Waals surface area contributed by atoms with Crippen molar-refractivity contribution in [2.24, 2.45) is 0 Å². The average molecular weight is 499 g/mol. The summed E-state index contributed by atoms with van der Waals surface area (Å²) in [6, 6.07) is 17.4. The fraction of sp³-hybridized carbons (Fsp3) is 0.333. The summed E-state index contributed by atoms with van der Waals surface area (Å²) in [5.74, 6) is -0.453. The lowest BCUT2D eigenvalue weighted by Crippen LogP contribution is -2.31. The van der Waals surface area contributed by atoms with Crippen molar-refractivity contribution in [1.29, 1.82) is 0 Å². The molecule has 37 heavy (non-hydrogen) atoms. The standard InChI is InChI=1S/C30H34N4O3/c1-6-37-28(36)18-26(23-14-12-19(2)13-15-23)32-27(35)17-16-25-20(3)29-22(5)33-34(30(29)31-21(25)4)24-10-8-7-9-11-24/h7-15,26H,6,16-18H2,1-5H3,(H,32,35)/t26-/m0/s1. The number of aromatic nitrogens is 3. The molecule has 0 aliphatic carbocycles. The van der Waals surface area contributed by atoms with Crippen molar-refractivity contribution < 1.29 is 14.3 Å². The zero-order valence-corrected chi connectivity index (χ0v) is 22.2. The minimum absolute atomic E-state index is 0.0894. The number of pyridine rings is 1. The largest absolute Gasteiger partial charge is 0.466 e. The number of hydrogen-bond donors (Lipinski definition) is 1. The van der Waals surface area contributed by atoms with Crippen LogP contribution in [0.4, 0.5) is 0 Å². The van der Waals surface area contributed by atoms with Gasteiger partial charge in [-0.2, -0.15) is 5.10 Å². The highest BCUT2D eigenvalue weighted by molar-refractivity contribution is 5.85. The van der Waals surface area contributed by atoms with Gasteiger partial charge in [0.05, 0.1) is 30.5 Å². The Labute approximate surface area is 217 Å². The van der Waals surface area contributed by atoms with Crippen molar-refractivity contribution in [3.8, 4) is 5.69 Å². The molecule has 1 N–H and O–H groups in total. The van der Waals surface area contributed by atoms with Crippen LogP contribution in [0.1, 0.15) is 59.4 Å². The molecule has 0 saturated carbocycles. The molecular weight excluding hydrogens is 464 g/mol. The van der Waals surface area contributed by atoms with E-state index >= 15 is 0 Å². The number of esters is 1. The first-order valence-corrected chi connectivity index (χ1v) is 12.7. The van der Waals surface area contributed by atoms with E-state index in [0.29, 0.717) is 13.0 Å². The second-order valence-electron chi connectivity index (χ2n) is 9.37. The Bertz CT molecular complexity index is 1410. The fourth-order valence-electron chi connectivity index (χ4n) is 4.77. The number of para-hydroxylation sites is 1. The topological polar surface area (TPSA) is 86.1 Å². The van der Waals surface area contributed by atoms with Crippen LogP contribution in [0.2, 0.25) is 0 Å². The highest BCUT2D eigenvalue weighted by atomic mass is 16.5. The van der Waals surface area contributed by atoms with Gasteiger partial charge >= 0.3 is 5.97 Å². The maximum Gasteiger partial charge on any atom is 0.308 e. The Kier molecular flexibility index (Phi) is 8.01. The molecule has 0 aliphatic rings. The Morgan fingerprint density at radius 1 is 0.973 bits per heavy atom. The summed E-state index contributed by atoms with van der Waals surface area (Å²) in [6.45, 7) is 10.1. The second-order valence-corrected chi connectivity index (χ2v) is 9.37. The SMILES string of the molecule is CCOC(=O)C[C@H](NC(=O)CCc1c(C)nc2c(c(C)nn2-c2ccccc2)c1C)c1ccc(C)cc1. The van der Waals surface area contributed by atoms with Gasteiger partial charge in [0.1, 0.15) is 0 Å². The van der Waals surface area contributed by atoms with Gasteiger partial charge in [-0.15, -0.1) is 0 Å². The predicted molar refractivity (Wildman–Crippen MR) is 145 cm³/mol. The van der Waals surface area contributed by atoms with Gasteiger partial charge in [0.2, 0.25) is 5.91 Å². The van der Waals surface area contributed by atoms with Crippen LogP contribution in [0.15, 0.2) is 54.6 Å². The number of nitrogens with zero attached hydrogens (tertiary/aromatic N) is 3. The lowest BCUT2D eigenvalue weighted by atomic mass is 9.98. The van der Waals surface area contributed by atoms with Crippen LogP contribution < -0.4 is 5.32 Å². The van der Waals surface area contributed by atoms with Gasteiger partial charge in [-0.25, -0.2) is 9.67 Å². The van der Waals surface area contributed by atoms with Crippen molar-refractivity contribution in [2.45, 2.75) is 59.9 Å². The third-order valence-corrected chi connectivity index (χ3v) is 6.67. The molecular formula is C30H34N4O3. The van der Waals surface area contributed by atoms with Crippen LogP contribution in [0.5, 0.6) is 0 Å². The van der Waals surface area contributed by atoms with E-state index in [1.807, 2.05) is 80.1 Å². The molecule has 4 rings (SSSR count). The van der Waals surface area contributed by atoms with Crippen molar-refractivity contribution >= 4 is 22.9 Å². The Morgan fingerprint density at radius 3 is 2.35 bits per heavy atom. The van der Waals surface area contributed by atoms with E-state index in [4.69, 9.17) is 14.8 Å². The average Bonchev–Trinajstić information content (AvgIpc) is 3.20. The predicted octanol–water partition coefficient (Wildman–Crippen LogP) is 5.40. The Hall–Kier alpha value is -4.00. The number of benzene rings is 2. The first kappa shape index (κ1) is 26.1. The van der Waals surface area contributed by atoms with Crippen LogP contribution >= 0.6 is 0 Å². The number of nitrogens with one attached hydrogen (secondary N) is 1. The molecule has 0 fully saturated rings. The molecule has 1 atom stereocenters.